The molecule has 2 amide bonds. The van der Waals surface area contributed by atoms with Crippen molar-refractivity contribution < 1.29 is 22.4 Å². The second-order valence-corrected chi connectivity index (χ2v) is 10.8. The number of carbonyl (C=O) groups is 2. The van der Waals surface area contributed by atoms with Crippen LogP contribution in [-0.2, 0) is 26.0 Å². The standard InChI is InChI=1S/C29H34FN3O4S/c1-3-4-20-31-29(35)23(2)32(21-19-24-13-7-5-8-14-24)28(34)22-33(27-18-12-11-17-26(27)30)38(36,37)25-15-9-6-10-16-25/h5-18,23H,3-4,19-22H2,1-2H3,(H,31,35)/t23-/m1/s1. The van der Waals surface area contributed by atoms with Crippen LogP contribution in [0.5, 0.6) is 0 Å². The van der Waals surface area contributed by atoms with E-state index in [-0.39, 0.29) is 23.0 Å². The minimum Gasteiger partial charge on any atom is -0.354 e. The molecule has 0 saturated heterocycles. The maximum atomic E-state index is 14.9. The number of carbonyl (C=O) groups excluding carboxylic acids is 2. The van der Waals surface area contributed by atoms with Crippen LogP contribution in [0.4, 0.5) is 10.1 Å². The highest BCUT2D eigenvalue weighted by atomic mass is 32.2. The zero-order valence-electron chi connectivity index (χ0n) is 21.7. The molecular formula is C29H34FN3O4S. The molecule has 0 fully saturated rings. The molecule has 0 aliphatic rings. The topological polar surface area (TPSA) is 86.8 Å². The second kappa shape index (κ2) is 13.7. The van der Waals surface area contributed by atoms with E-state index in [1.807, 2.05) is 37.3 Å². The van der Waals surface area contributed by atoms with Crippen molar-refractivity contribution in [1.29, 1.82) is 0 Å². The van der Waals surface area contributed by atoms with E-state index in [1.165, 1.54) is 35.2 Å². The Morgan fingerprint density at radius 3 is 2.16 bits per heavy atom. The highest BCUT2D eigenvalue weighted by Gasteiger charge is 2.33. The van der Waals surface area contributed by atoms with E-state index in [1.54, 1.807) is 25.1 Å². The summed E-state index contributed by atoms with van der Waals surface area (Å²) in [4.78, 5) is 27.9. The van der Waals surface area contributed by atoms with Gasteiger partial charge in [-0.3, -0.25) is 13.9 Å². The minimum atomic E-state index is -4.29. The number of nitrogens with zero attached hydrogens (tertiary/aromatic N) is 2. The Bertz CT molecular complexity index is 1300. The molecule has 0 aromatic heterocycles. The van der Waals surface area contributed by atoms with Gasteiger partial charge in [-0.25, -0.2) is 12.8 Å². The van der Waals surface area contributed by atoms with Crippen LogP contribution >= 0.6 is 0 Å². The number of para-hydroxylation sites is 1. The second-order valence-electron chi connectivity index (χ2n) is 8.92. The van der Waals surface area contributed by atoms with E-state index in [0.29, 0.717) is 13.0 Å². The molecule has 0 saturated carbocycles. The molecule has 9 heteroatoms. The van der Waals surface area contributed by atoms with Crippen molar-refractivity contribution in [2.45, 2.75) is 44.0 Å². The summed E-state index contributed by atoms with van der Waals surface area (Å²) in [5, 5.41) is 2.84. The molecular weight excluding hydrogens is 505 g/mol. The first-order chi connectivity index (χ1) is 18.3. The van der Waals surface area contributed by atoms with Gasteiger partial charge >= 0.3 is 0 Å². The van der Waals surface area contributed by atoms with E-state index in [2.05, 4.69) is 5.32 Å². The van der Waals surface area contributed by atoms with E-state index >= 15 is 0 Å². The molecule has 0 aliphatic carbocycles. The van der Waals surface area contributed by atoms with Gasteiger partial charge in [0.25, 0.3) is 10.0 Å². The smallest absolute Gasteiger partial charge is 0.264 e. The normalized spacial score (nSPS) is 12.0. The minimum absolute atomic E-state index is 0.0720. The third-order valence-corrected chi connectivity index (χ3v) is 7.99. The number of unbranched alkanes of at least 4 members (excludes halogenated alkanes) is 1. The van der Waals surface area contributed by atoms with E-state index in [9.17, 15) is 22.4 Å². The summed E-state index contributed by atoms with van der Waals surface area (Å²) in [5.41, 5.74) is 0.722. The Morgan fingerprint density at radius 2 is 1.53 bits per heavy atom. The van der Waals surface area contributed by atoms with Crippen LogP contribution in [0.1, 0.15) is 32.3 Å². The van der Waals surface area contributed by atoms with E-state index < -0.39 is 34.3 Å². The van der Waals surface area contributed by atoms with Gasteiger partial charge < -0.3 is 10.2 Å². The van der Waals surface area contributed by atoms with Crippen LogP contribution in [0.25, 0.3) is 0 Å². The number of halogens is 1. The predicted molar refractivity (Wildman–Crippen MR) is 147 cm³/mol. The summed E-state index contributed by atoms with van der Waals surface area (Å²) in [7, 11) is -4.29. The SMILES string of the molecule is CCCCNC(=O)[C@@H](C)N(CCc1ccccc1)C(=O)CN(c1ccccc1F)S(=O)(=O)c1ccccc1. The largest absolute Gasteiger partial charge is 0.354 e. The van der Waals surface area contributed by atoms with Gasteiger partial charge in [-0.1, -0.05) is 74.0 Å². The first-order valence-corrected chi connectivity index (χ1v) is 14.1. The maximum absolute atomic E-state index is 14.9. The van der Waals surface area contributed by atoms with E-state index in [0.717, 1.165) is 28.8 Å². The van der Waals surface area contributed by atoms with Crippen molar-refractivity contribution in [3.8, 4) is 0 Å². The number of nitrogens with one attached hydrogen (secondary N) is 1. The zero-order chi connectivity index (χ0) is 27.5. The predicted octanol–water partition coefficient (Wildman–Crippen LogP) is 4.40. The lowest BCUT2D eigenvalue weighted by atomic mass is 10.1. The number of hydrogen-bond acceptors (Lipinski definition) is 4. The fraction of sp³-hybridized carbons (Fsp3) is 0.310. The molecule has 3 rings (SSSR count). The molecule has 202 valence electrons. The fourth-order valence-corrected chi connectivity index (χ4v) is 5.44. The summed E-state index contributed by atoms with van der Waals surface area (Å²) < 4.78 is 42.9. The van der Waals surface area contributed by atoms with Gasteiger partial charge in [-0.05, 0) is 49.6 Å². The molecule has 38 heavy (non-hydrogen) atoms. The van der Waals surface area contributed by atoms with Gasteiger partial charge in [-0.15, -0.1) is 0 Å². The Morgan fingerprint density at radius 1 is 0.921 bits per heavy atom. The molecule has 1 atom stereocenters. The van der Waals surface area contributed by atoms with Crippen LogP contribution in [0.3, 0.4) is 0 Å². The van der Waals surface area contributed by atoms with Crippen LogP contribution in [0.2, 0.25) is 0 Å². The zero-order valence-corrected chi connectivity index (χ0v) is 22.5. The van der Waals surface area contributed by atoms with Crippen molar-refractivity contribution in [1.82, 2.24) is 10.2 Å². The Kier molecular flexibility index (Phi) is 10.4. The summed E-state index contributed by atoms with van der Waals surface area (Å²) in [6, 6.07) is 21.6. The molecule has 7 nitrogen and oxygen atoms in total. The summed E-state index contributed by atoms with van der Waals surface area (Å²) in [6.07, 6.45) is 2.16. The van der Waals surface area contributed by atoms with Crippen molar-refractivity contribution in [2.75, 3.05) is 23.9 Å². The molecule has 0 unspecified atom stereocenters. The van der Waals surface area contributed by atoms with Crippen molar-refractivity contribution in [2.24, 2.45) is 0 Å². The van der Waals surface area contributed by atoms with Gasteiger partial charge in [0, 0.05) is 13.1 Å². The van der Waals surface area contributed by atoms with Crippen LogP contribution in [0, 0.1) is 5.82 Å². The maximum Gasteiger partial charge on any atom is 0.264 e. The van der Waals surface area contributed by atoms with Gasteiger partial charge in [0.2, 0.25) is 11.8 Å². The average Bonchev–Trinajstić information content (AvgIpc) is 2.93. The number of benzene rings is 3. The number of amides is 2. The number of hydrogen-bond donors (Lipinski definition) is 1. The van der Waals surface area contributed by atoms with Crippen molar-refractivity contribution in [3.05, 3.63) is 96.3 Å². The van der Waals surface area contributed by atoms with Crippen LogP contribution in [0.15, 0.2) is 89.8 Å². The fourth-order valence-electron chi connectivity index (χ4n) is 3.99. The van der Waals surface area contributed by atoms with Crippen molar-refractivity contribution in [3.63, 3.8) is 0 Å². The lowest BCUT2D eigenvalue weighted by Crippen LogP contribution is -2.52. The molecule has 0 heterocycles. The average molecular weight is 540 g/mol. The highest BCUT2D eigenvalue weighted by molar-refractivity contribution is 7.92. The first kappa shape index (κ1) is 28.8. The molecule has 0 bridgehead atoms. The number of anilines is 1. The highest BCUT2D eigenvalue weighted by Crippen LogP contribution is 2.26. The molecule has 3 aromatic carbocycles. The number of sulfonamides is 1. The Hall–Kier alpha value is -3.72. The Labute approximate surface area is 224 Å². The van der Waals surface area contributed by atoms with Crippen LogP contribution < -0.4 is 9.62 Å². The summed E-state index contributed by atoms with van der Waals surface area (Å²) >= 11 is 0. The van der Waals surface area contributed by atoms with Gasteiger partial charge in [0.1, 0.15) is 18.4 Å². The molecule has 3 aromatic rings. The summed E-state index contributed by atoms with van der Waals surface area (Å²) in [6.45, 7) is 3.62. The third-order valence-electron chi connectivity index (χ3n) is 6.21. The molecule has 0 radical (unpaired) electrons. The van der Waals surface area contributed by atoms with Crippen molar-refractivity contribution >= 4 is 27.5 Å². The van der Waals surface area contributed by atoms with Gasteiger partial charge in [0.15, 0.2) is 0 Å². The lowest BCUT2D eigenvalue weighted by Gasteiger charge is -2.32. The lowest BCUT2D eigenvalue weighted by molar-refractivity contribution is -0.138. The molecule has 0 aliphatic heterocycles. The van der Waals surface area contributed by atoms with Crippen LogP contribution in [-0.4, -0.2) is 50.8 Å². The van der Waals surface area contributed by atoms with Gasteiger partial charge in [0.05, 0.1) is 10.6 Å². The summed E-state index contributed by atoms with van der Waals surface area (Å²) in [5.74, 6) is -1.72. The van der Waals surface area contributed by atoms with E-state index in [4.69, 9.17) is 0 Å². The monoisotopic (exact) mass is 539 g/mol. The molecule has 0 spiro atoms. The van der Waals surface area contributed by atoms with Gasteiger partial charge in [-0.2, -0.15) is 0 Å². The Balaban J connectivity index is 1.94. The first-order valence-electron chi connectivity index (χ1n) is 12.7. The molecule has 1 N–H and O–H groups in total. The quantitative estimate of drug-likeness (QED) is 0.326. The third kappa shape index (κ3) is 7.41. The number of rotatable bonds is 13.